The van der Waals surface area contributed by atoms with Crippen molar-refractivity contribution >= 4 is 23.1 Å². The summed E-state index contributed by atoms with van der Waals surface area (Å²) in [4.78, 5) is 23.7. The van der Waals surface area contributed by atoms with E-state index in [1.807, 2.05) is 6.92 Å². The molecule has 2 fully saturated rings. The highest BCUT2D eigenvalue weighted by atomic mass is 32.2. The predicted molar refractivity (Wildman–Crippen MR) is 91.8 cm³/mol. The van der Waals surface area contributed by atoms with Crippen molar-refractivity contribution < 1.29 is 36.4 Å². The Morgan fingerprint density at radius 3 is 2.35 bits per heavy atom. The predicted octanol–water partition coefficient (Wildman–Crippen LogP) is 2.08. The summed E-state index contributed by atoms with van der Waals surface area (Å²) in [5.74, 6) is 0.111. The van der Waals surface area contributed by atoms with Gasteiger partial charge in [0, 0.05) is 5.92 Å². The van der Waals surface area contributed by atoms with E-state index in [0.717, 1.165) is 12.8 Å². The molecule has 150 valence electrons. The number of thiol groups is 1. The lowest BCUT2D eigenvalue weighted by Gasteiger charge is -2.31. The van der Waals surface area contributed by atoms with E-state index in [-0.39, 0.29) is 31.0 Å². The van der Waals surface area contributed by atoms with Crippen molar-refractivity contribution in [3.63, 3.8) is 0 Å². The third-order valence-electron chi connectivity index (χ3n) is 5.60. The fourth-order valence-corrected chi connectivity index (χ4v) is 4.20. The summed E-state index contributed by atoms with van der Waals surface area (Å²) >= 11 is 0. The van der Waals surface area contributed by atoms with E-state index in [9.17, 15) is 18.0 Å². The zero-order chi connectivity index (χ0) is 19.5. The maximum atomic E-state index is 11.9. The van der Waals surface area contributed by atoms with Crippen LogP contribution in [0.2, 0.25) is 0 Å². The van der Waals surface area contributed by atoms with Gasteiger partial charge in [0.25, 0.3) is 11.0 Å². The Morgan fingerprint density at radius 1 is 1.08 bits per heavy atom. The molecule has 0 saturated heterocycles. The lowest BCUT2D eigenvalue weighted by molar-refractivity contribution is -0.155. The van der Waals surface area contributed by atoms with Gasteiger partial charge in [-0.05, 0) is 44.9 Å². The van der Waals surface area contributed by atoms with Crippen LogP contribution in [0.1, 0.15) is 47.0 Å². The minimum atomic E-state index is -3.01. The van der Waals surface area contributed by atoms with Crippen LogP contribution in [0, 0.1) is 23.2 Å². The van der Waals surface area contributed by atoms with Gasteiger partial charge >= 0.3 is 12.1 Å². The number of carbonyl (C=O) groups excluding carboxylic acids is 2. The van der Waals surface area contributed by atoms with E-state index in [2.05, 4.69) is 6.92 Å². The highest BCUT2D eigenvalue weighted by Gasteiger charge is 2.54. The van der Waals surface area contributed by atoms with Crippen molar-refractivity contribution in [3.8, 4) is 0 Å². The first-order chi connectivity index (χ1) is 12.2. The lowest BCUT2D eigenvalue weighted by atomic mass is 9.86. The van der Waals surface area contributed by atoms with Crippen molar-refractivity contribution in [3.05, 3.63) is 0 Å². The summed E-state index contributed by atoms with van der Waals surface area (Å²) in [6.45, 7) is 7.32. The van der Waals surface area contributed by atoms with Gasteiger partial charge in [-0.25, -0.2) is 13.2 Å². The van der Waals surface area contributed by atoms with Gasteiger partial charge in [0.2, 0.25) is 0 Å². The molecule has 9 heteroatoms. The number of hydrogen-bond acceptors (Lipinski definition) is 8. The van der Waals surface area contributed by atoms with Gasteiger partial charge in [-0.2, -0.15) is 0 Å². The summed E-state index contributed by atoms with van der Waals surface area (Å²) < 4.78 is 42.2. The van der Waals surface area contributed by atoms with E-state index in [1.165, 1.54) is 0 Å². The van der Waals surface area contributed by atoms with Gasteiger partial charge < -0.3 is 14.2 Å². The highest BCUT2D eigenvalue weighted by molar-refractivity contribution is 7.67. The number of esters is 1. The second kappa shape index (κ2) is 8.56. The van der Waals surface area contributed by atoms with Crippen LogP contribution in [0.3, 0.4) is 0 Å². The average molecular weight is 392 g/mol. The molecule has 0 aliphatic heterocycles. The third-order valence-corrected chi connectivity index (χ3v) is 6.02. The Bertz CT molecular complexity index is 592. The summed E-state index contributed by atoms with van der Waals surface area (Å²) in [5.41, 5.74) is -0.584. The van der Waals surface area contributed by atoms with Crippen LogP contribution in [-0.2, 0) is 34.2 Å². The van der Waals surface area contributed by atoms with Gasteiger partial charge in [-0.1, -0.05) is 13.8 Å². The maximum absolute atomic E-state index is 11.9. The fraction of sp³-hybridized carbons (Fsp3) is 0.882. The fourth-order valence-electron chi connectivity index (χ4n) is 3.71. The van der Waals surface area contributed by atoms with Gasteiger partial charge in [0.15, 0.2) is 0 Å². The van der Waals surface area contributed by atoms with Crippen LogP contribution in [0.4, 0.5) is 4.79 Å². The highest BCUT2D eigenvalue weighted by Crippen LogP contribution is 2.50. The van der Waals surface area contributed by atoms with Crippen LogP contribution in [0.15, 0.2) is 0 Å². The summed E-state index contributed by atoms with van der Waals surface area (Å²) in [5, 5.41) is 0. The first-order valence-corrected chi connectivity index (χ1v) is 10.1. The van der Waals surface area contributed by atoms with Crippen LogP contribution in [0.5, 0.6) is 0 Å². The van der Waals surface area contributed by atoms with E-state index in [0.29, 0.717) is 12.3 Å². The Morgan fingerprint density at radius 2 is 1.73 bits per heavy atom. The molecule has 2 bridgehead atoms. The Hall–Kier alpha value is -1.35. The molecule has 0 aromatic rings. The summed E-state index contributed by atoms with van der Waals surface area (Å²) in [6.07, 6.45) is 0.0855. The van der Waals surface area contributed by atoms with Gasteiger partial charge in [0.05, 0.1) is 5.41 Å². The molecule has 2 saturated carbocycles. The quantitative estimate of drug-likeness (QED) is 0.380. The van der Waals surface area contributed by atoms with E-state index in [4.69, 9.17) is 18.4 Å². The molecular formula is C17H28O8S. The standard InChI is InChI=1S/C17H28O8S/c1-5-17(3,4)15(18)22-6-7-23-16(19)24-14-12-9-11(8-10(12)2)13(14)25-26(20)21/h10-14,26H,5-9H2,1-4H3. The molecule has 2 aliphatic carbocycles. The topological polar surface area (TPSA) is 105 Å². The molecule has 2 rings (SSSR count). The first-order valence-electron chi connectivity index (χ1n) is 8.97. The zero-order valence-electron chi connectivity index (χ0n) is 15.6. The molecule has 0 N–H and O–H groups in total. The van der Waals surface area contributed by atoms with Gasteiger partial charge in [-0.15, -0.1) is 0 Å². The molecule has 8 nitrogen and oxygen atoms in total. The molecule has 0 aromatic carbocycles. The van der Waals surface area contributed by atoms with Crippen molar-refractivity contribution in [2.24, 2.45) is 23.2 Å². The molecular weight excluding hydrogens is 364 g/mol. The second-order valence-electron chi connectivity index (χ2n) is 7.72. The summed E-state index contributed by atoms with van der Waals surface area (Å²) in [7, 11) is -3.01. The Kier molecular flexibility index (Phi) is 6.90. The van der Waals surface area contributed by atoms with E-state index in [1.54, 1.807) is 13.8 Å². The average Bonchev–Trinajstić information content (AvgIpc) is 3.09. The summed E-state index contributed by atoms with van der Waals surface area (Å²) in [6, 6.07) is 0. The molecule has 2 aliphatic rings. The number of fused-ring (bicyclic) bond motifs is 2. The second-order valence-corrected chi connectivity index (χ2v) is 8.38. The van der Waals surface area contributed by atoms with Crippen molar-refractivity contribution in [2.45, 2.75) is 59.2 Å². The smallest absolute Gasteiger partial charge is 0.462 e. The Balaban J connectivity index is 1.78. The van der Waals surface area contributed by atoms with Crippen molar-refractivity contribution in [2.75, 3.05) is 13.2 Å². The molecule has 0 radical (unpaired) electrons. The van der Waals surface area contributed by atoms with Crippen LogP contribution in [0.25, 0.3) is 0 Å². The number of ether oxygens (including phenoxy) is 3. The van der Waals surface area contributed by atoms with Gasteiger partial charge in [0.1, 0.15) is 25.4 Å². The normalized spacial score (nSPS) is 30.4. The lowest BCUT2D eigenvalue weighted by Crippen LogP contribution is -2.41. The van der Waals surface area contributed by atoms with Crippen molar-refractivity contribution in [1.29, 1.82) is 0 Å². The monoisotopic (exact) mass is 392 g/mol. The van der Waals surface area contributed by atoms with Crippen molar-refractivity contribution in [1.82, 2.24) is 0 Å². The number of hydrogen-bond donors (Lipinski definition) is 1. The third kappa shape index (κ3) is 4.88. The van der Waals surface area contributed by atoms with E-state index < -0.39 is 34.8 Å². The number of rotatable bonds is 8. The molecule has 0 aromatic heterocycles. The van der Waals surface area contributed by atoms with E-state index >= 15 is 0 Å². The molecule has 5 unspecified atom stereocenters. The largest absolute Gasteiger partial charge is 0.508 e. The minimum Gasteiger partial charge on any atom is -0.462 e. The maximum Gasteiger partial charge on any atom is 0.508 e. The molecule has 0 heterocycles. The minimum absolute atomic E-state index is 0.0587. The zero-order valence-corrected chi connectivity index (χ0v) is 16.5. The molecule has 0 spiro atoms. The SMILES string of the molecule is CCC(C)(C)C(=O)OCCOC(=O)OC1C2CC(CC2C)C1O[SH](=O)=O. The van der Waals surface area contributed by atoms with Gasteiger partial charge in [-0.3, -0.25) is 8.98 Å². The molecule has 26 heavy (non-hydrogen) atoms. The van der Waals surface area contributed by atoms with Crippen LogP contribution in [-0.4, -0.2) is 46.0 Å². The molecule has 0 amide bonds. The van der Waals surface area contributed by atoms with Crippen LogP contribution < -0.4 is 0 Å². The first kappa shape index (κ1) is 21.0. The Labute approximate surface area is 155 Å². The van der Waals surface area contributed by atoms with Crippen LogP contribution >= 0.6 is 0 Å². The number of carbonyl (C=O) groups is 2. The molecule has 5 atom stereocenters.